The lowest BCUT2D eigenvalue weighted by atomic mass is 10.1. The number of benzene rings is 2. The first-order chi connectivity index (χ1) is 14.0. The molecule has 1 heterocycles. The fourth-order valence-electron chi connectivity index (χ4n) is 3.26. The van der Waals surface area contributed by atoms with Gasteiger partial charge in [0, 0.05) is 24.5 Å². The highest BCUT2D eigenvalue weighted by Crippen LogP contribution is 2.31. The molecule has 0 radical (unpaired) electrons. The van der Waals surface area contributed by atoms with Crippen molar-refractivity contribution in [1.82, 2.24) is 10.2 Å². The Bertz CT molecular complexity index is 887. The van der Waals surface area contributed by atoms with E-state index in [1.165, 1.54) is 0 Å². The van der Waals surface area contributed by atoms with Crippen molar-refractivity contribution in [3.05, 3.63) is 58.1 Å². The van der Waals surface area contributed by atoms with Crippen molar-refractivity contribution in [1.29, 1.82) is 0 Å². The van der Waals surface area contributed by atoms with E-state index in [2.05, 4.69) is 21.2 Å². The van der Waals surface area contributed by atoms with Crippen molar-refractivity contribution in [2.24, 2.45) is 0 Å². The van der Waals surface area contributed by atoms with Crippen LogP contribution in [0.5, 0.6) is 11.5 Å². The van der Waals surface area contributed by atoms with Gasteiger partial charge < -0.3 is 19.7 Å². The second-order valence-electron chi connectivity index (χ2n) is 6.92. The minimum atomic E-state index is -0.563. The number of aryl methyl sites for hydroxylation is 1. The van der Waals surface area contributed by atoms with E-state index in [-0.39, 0.29) is 11.8 Å². The number of likely N-dealkylation sites (N-methyl/N-ethyl adjacent to an activating group) is 1. The van der Waals surface area contributed by atoms with Crippen LogP contribution in [0.1, 0.15) is 24.5 Å². The van der Waals surface area contributed by atoms with Gasteiger partial charge in [-0.05, 0) is 48.7 Å². The average Bonchev–Trinajstić information content (AvgIpc) is 2.74. The quantitative estimate of drug-likeness (QED) is 0.687. The van der Waals surface area contributed by atoms with Crippen LogP contribution in [-0.4, -0.2) is 43.0 Å². The first-order valence-electron chi connectivity index (χ1n) is 9.62. The number of nitrogens with one attached hydrogen (secondary N) is 1. The summed E-state index contributed by atoms with van der Waals surface area (Å²) >= 11 is 3.46. The van der Waals surface area contributed by atoms with Crippen LogP contribution in [0.3, 0.4) is 0 Å². The highest BCUT2D eigenvalue weighted by atomic mass is 79.9. The number of amides is 2. The second-order valence-corrected chi connectivity index (χ2v) is 7.84. The van der Waals surface area contributed by atoms with Crippen molar-refractivity contribution in [2.75, 3.05) is 20.3 Å². The maximum absolute atomic E-state index is 13.0. The zero-order chi connectivity index (χ0) is 20.8. The molecule has 7 heteroatoms. The number of rotatable bonds is 7. The molecule has 0 saturated heterocycles. The molecule has 1 unspecified atom stereocenters. The number of carbonyl (C=O) groups is 2. The van der Waals surface area contributed by atoms with Crippen LogP contribution in [0.15, 0.2) is 46.9 Å². The highest BCUT2D eigenvalue weighted by molar-refractivity contribution is 9.10. The lowest BCUT2D eigenvalue weighted by molar-refractivity contribution is -0.140. The van der Waals surface area contributed by atoms with Gasteiger partial charge in [0.05, 0.1) is 0 Å². The molecule has 3 rings (SSSR count). The lowest BCUT2D eigenvalue weighted by Gasteiger charge is -2.28. The number of hydrogen-bond donors (Lipinski definition) is 1. The van der Waals surface area contributed by atoms with Crippen LogP contribution < -0.4 is 14.8 Å². The molecule has 0 bridgehead atoms. The third-order valence-corrected chi connectivity index (χ3v) is 5.38. The molecule has 6 nitrogen and oxygen atoms in total. The fourth-order valence-corrected chi connectivity index (χ4v) is 3.71. The van der Waals surface area contributed by atoms with E-state index in [0.717, 1.165) is 21.3 Å². The Hall–Kier alpha value is -2.54. The molecule has 154 valence electrons. The third-order valence-electron chi connectivity index (χ3n) is 4.89. The maximum atomic E-state index is 13.0. The summed E-state index contributed by atoms with van der Waals surface area (Å²) in [5.41, 5.74) is 1.96. The number of halogens is 1. The van der Waals surface area contributed by atoms with Gasteiger partial charge in [-0.3, -0.25) is 9.59 Å². The van der Waals surface area contributed by atoms with Gasteiger partial charge in [0.25, 0.3) is 0 Å². The van der Waals surface area contributed by atoms with Crippen LogP contribution >= 0.6 is 15.9 Å². The van der Waals surface area contributed by atoms with Crippen molar-refractivity contribution in [3.8, 4) is 11.5 Å². The average molecular weight is 461 g/mol. The minimum Gasteiger partial charge on any atom is -0.486 e. The van der Waals surface area contributed by atoms with E-state index in [9.17, 15) is 9.59 Å². The smallest absolute Gasteiger partial charge is 0.242 e. The lowest BCUT2D eigenvalue weighted by Crippen LogP contribution is -2.46. The van der Waals surface area contributed by atoms with E-state index in [1.54, 1.807) is 18.9 Å². The SMILES string of the molecule is CNC(=O)C(C)N(Cc1cccc(Br)c1)C(=O)CCc1ccc2c(c1)OCCO2. The van der Waals surface area contributed by atoms with Crippen LogP contribution in [0.25, 0.3) is 0 Å². The van der Waals surface area contributed by atoms with Crippen LogP contribution in [0, 0.1) is 0 Å². The molecule has 29 heavy (non-hydrogen) atoms. The zero-order valence-corrected chi connectivity index (χ0v) is 18.2. The number of hydrogen-bond acceptors (Lipinski definition) is 4. The van der Waals surface area contributed by atoms with E-state index < -0.39 is 6.04 Å². The predicted octanol–water partition coefficient (Wildman–Crippen LogP) is 3.32. The molecule has 0 spiro atoms. The molecule has 1 atom stereocenters. The molecule has 2 amide bonds. The number of nitrogens with zero attached hydrogens (tertiary/aromatic N) is 1. The molecule has 1 aliphatic heterocycles. The first-order valence-corrected chi connectivity index (χ1v) is 10.4. The van der Waals surface area contributed by atoms with Crippen LogP contribution in [0.2, 0.25) is 0 Å². The van der Waals surface area contributed by atoms with E-state index in [1.807, 2.05) is 42.5 Å². The molecule has 1 aliphatic rings. The predicted molar refractivity (Wildman–Crippen MR) is 114 cm³/mol. The molecular weight excluding hydrogens is 436 g/mol. The molecule has 2 aromatic carbocycles. The normalized spacial score (nSPS) is 13.5. The molecule has 0 aliphatic carbocycles. The van der Waals surface area contributed by atoms with E-state index in [0.29, 0.717) is 38.3 Å². The molecule has 1 N–H and O–H groups in total. The Morgan fingerprint density at radius 2 is 1.86 bits per heavy atom. The molecule has 0 saturated carbocycles. The van der Waals surface area contributed by atoms with Crippen LogP contribution in [0.4, 0.5) is 0 Å². The van der Waals surface area contributed by atoms with Crippen molar-refractivity contribution >= 4 is 27.7 Å². The number of carbonyl (C=O) groups excluding carboxylic acids is 2. The summed E-state index contributed by atoms with van der Waals surface area (Å²) in [6.45, 7) is 3.19. The summed E-state index contributed by atoms with van der Waals surface area (Å²) in [6, 6.07) is 12.9. The highest BCUT2D eigenvalue weighted by Gasteiger charge is 2.25. The Kier molecular flexibility index (Phi) is 7.14. The summed E-state index contributed by atoms with van der Waals surface area (Å²) in [6.07, 6.45) is 0.861. The Labute approximate surface area is 179 Å². The summed E-state index contributed by atoms with van der Waals surface area (Å²) in [7, 11) is 1.58. The van der Waals surface area contributed by atoms with Gasteiger partial charge in [-0.15, -0.1) is 0 Å². The number of fused-ring (bicyclic) bond motifs is 1. The largest absolute Gasteiger partial charge is 0.486 e. The van der Waals surface area contributed by atoms with E-state index in [4.69, 9.17) is 9.47 Å². The van der Waals surface area contributed by atoms with Crippen molar-refractivity contribution in [2.45, 2.75) is 32.4 Å². The fraction of sp³-hybridized carbons (Fsp3) is 0.364. The first kappa shape index (κ1) is 21.2. The Morgan fingerprint density at radius 1 is 1.10 bits per heavy atom. The monoisotopic (exact) mass is 460 g/mol. The number of ether oxygens (including phenoxy) is 2. The van der Waals surface area contributed by atoms with Gasteiger partial charge in [-0.25, -0.2) is 0 Å². The van der Waals surface area contributed by atoms with Gasteiger partial charge in [0.2, 0.25) is 11.8 Å². The molecular formula is C22H25BrN2O4. The summed E-state index contributed by atoms with van der Waals surface area (Å²) in [5.74, 6) is 1.19. The third kappa shape index (κ3) is 5.50. The molecule has 0 fully saturated rings. The minimum absolute atomic E-state index is 0.0732. The van der Waals surface area contributed by atoms with Gasteiger partial charge in [0.15, 0.2) is 11.5 Å². The zero-order valence-electron chi connectivity index (χ0n) is 16.6. The molecule has 2 aromatic rings. The van der Waals surface area contributed by atoms with Gasteiger partial charge in [-0.2, -0.15) is 0 Å². The van der Waals surface area contributed by atoms with E-state index >= 15 is 0 Å². The Morgan fingerprint density at radius 3 is 2.59 bits per heavy atom. The standard InChI is InChI=1S/C22H25BrN2O4/c1-15(22(27)24-2)25(14-17-4-3-5-18(23)12-17)21(26)9-7-16-6-8-19-20(13-16)29-11-10-28-19/h3-6,8,12-13,15H,7,9-11,14H2,1-2H3,(H,24,27). The molecule has 0 aromatic heterocycles. The summed E-state index contributed by atoms with van der Waals surface area (Å²) < 4.78 is 12.1. The van der Waals surface area contributed by atoms with Crippen LogP contribution in [-0.2, 0) is 22.6 Å². The van der Waals surface area contributed by atoms with Crippen molar-refractivity contribution < 1.29 is 19.1 Å². The topological polar surface area (TPSA) is 67.9 Å². The van der Waals surface area contributed by atoms with Gasteiger partial charge in [0.1, 0.15) is 19.3 Å². The van der Waals surface area contributed by atoms with Crippen molar-refractivity contribution in [3.63, 3.8) is 0 Å². The Balaban J connectivity index is 1.71. The maximum Gasteiger partial charge on any atom is 0.242 e. The van der Waals surface area contributed by atoms with Gasteiger partial charge in [-0.1, -0.05) is 34.1 Å². The summed E-state index contributed by atoms with van der Waals surface area (Å²) in [5, 5.41) is 2.63. The van der Waals surface area contributed by atoms with Gasteiger partial charge >= 0.3 is 0 Å². The summed E-state index contributed by atoms with van der Waals surface area (Å²) in [4.78, 5) is 26.9. The second kappa shape index (κ2) is 9.78.